The molecule has 0 fully saturated rings. The molecule has 3 heterocycles. The first-order valence-corrected chi connectivity index (χ1v) is 4.75. The van der Waals surface area contributed by atoms with E-state index in [2.05, 4.69) is 15.1 Å². The molecule has 16 heavy (non-hydrogen) atoms. The van der Waals surface area contributed by atoms with E-state index in [1.807, 2.05) is 0 Å². The van der Waals surface area contributed by atoms with Gasteiger partial charge in [-0.05, 0) is 12.1 Å². The van der Waals surface area contributed by atoms with Crippen molar-refractivity contribution in [2.45, 2.75) is 0 Å². The lowest BCUT2D eigenvalue weighted by Crippen LogP contribution is -1.99. The standard InChI is InChI=1S/C10H9N5O/c1-15-10-6(5-12-15)8(11)13-9(14-10)7-3-2-4-16-7/h2-5H,1H3,(H2,11,13,14). The van der Waals surface area contributed by atoms with E-state index in [9.17, 15) is 0 Å². The van der Waals surface area contributed by atoms with Crippen molar-refractivity contribution in [1.29, 1.82) is 0 Å². The van der Waals surface area contributed by atoms with Gasteiger partial charge in [0, 0.05) is 7.05 Å². The van der Waals surface area contributed by atoms with Gasteiger partial charge >= 0.3 is 0 Å². The Kier molecular flexibility index (Phi) is 1.70. The summed E-state index contributed by atoms with van der Waals surface area (Å²) in [6.07, 6.45) is 3.22. The molecule has 2 N–H and O–H groups in total. The van der Waals surface area contributed by atoms with Crippen LogP contribution in [0, 0.1) is 0 Å². The van der Waals surface area contributed by atoms with Crippen molar-refractivity contribution in [2.24, 2.45) is 7.05 Å². The van der Waals surface area contributed by atoms with Crippen molar-refractivity contribution < 1.29 is 4.42 Å². The minimum Gasteiger partial charge on any atom is -0.461 e. The Morgan fingerprint density at radius 1 is 1.38 bits per heavy atom. The minimum absolute atomic E-state index is 0.407. The van der Waals surface area contributed by atoms with E-state index < -0.39 is 0 Å². The van der Waals surface area contributed by atoms with E-state index in [0.29, 0.717) is 23.0 Å². The number of nitrogens with zero attached hydrogens (tertiary/aromatic N) is 4. The van der Waals surface area contributed by atoms with Gasteiger partial charge in [-0.3, -0.25) is 4.68 Å². The van der Waals surface area contributed by atoms with Crippen LogP contribution in [0.15, 0.2) is 29.0 Å². The largest absolute Gasteiger partial charge is 0.461 e. The van der Waals surface area contributed by atoms with Crippen molar-refractivity contribution in [3.8, 4) is 11.6 Å². The van der Waals surface area contributed by atoms with Crippen molar-refractivity contribution in [1.82, 2.24) is 19.7 Å². The highest BCUT2D eigenvalue weighted by Gasteiger charge is 2.11. The molecule has 0 aliphatic carbocycles. The van der Waals surface area contributed by atoms with E-state index in [1.165, 1.54) is 0 Å². The third-order valence-corrected chi connectivity index (χ3v) is 2.36. The van der Waals surface area contributed by atoms with Crippen LogP contribution in [0.1, 0.15) is 0 Å². The predicted octanol–water partition coefficient (Wildman–Crippen LogP) is 1.21. The summed E-state index contributed by atoms with van der Waals surface area (Å²) in [7, 11) is 1.81. The quantitative estimate of drug-likeness (QED) is 0.659. The zero-order valence-corrected chi connectivity index (χ0v) is 8.58. The molecule has 0 aromatic carbocycles. The second-order valence-electron chi connectivity index (χ2n) is 3.42. The van der Waals surface area contributed by atoms with E-state index in [4.69, 9.17) is 10.2 Å². The molecule has 6 nitrogen and oxygen atoms in total. The summed E-state index contributed by atoms with van der Waals surface area (Å²) < 4.78 is 6.88. The molecule has 0 aliphatic rings. The Bertz CT molecular complexity index is 641. The summed E-state index contributed by atoms with van der Waals surface area (Å²) in [6.45, 7) is 0. The van der Waals surface area contributed by atoms with E-state index in [0.717, 1.165) is 5.39 Å². The molecule has 0 atom stereocenters. The van der Waals surface area contributed by atoms with Crippen LogP contribution < -0.4 is 5.73 Å². The summed E-state index contributed by atoms with van der Waals surface area (Å²) in [4.78, 5) is 8.53. The fourth-order valence-electron chi connectivity index (χ4n) is 1.56. The van der Waals surface area contributed by atoms with Gasteiger partial charge in [-0.1, -0.05) is 0 Å². The highest BCUT2D eigenvalue weighted by Crippen LogP contribution is 2.22. The number of anilines is 1. The number of hydrogen-bond acceptors (Lipinski definition) is 5. The average Bonchev–Trinajstić information content (AvgIpc) is 2.88. The zero-order valence-electron chi connectivity index (χ0n) is 8.58. The van der Waals surface area contributed by atoms with Crippen LogP contribution in [-0.4, -0.2) is 19.7 Å². The molecule has 0 unspecified atom stereocenters. The smallest absolute Gasteiger partial charge is 0.199 e. The first-order chi connectivity index (χ1) is 7.75. The number of hydrogen-bond donors (Lipinski definition) is 1. The lowest BCUT2D eigenvalue weighted by Gasteiger charge is -2.00. The molecule has 0 saturated carbocycles. The number of furan rings is 1. The summed E-state index contributed by atoms with van der Waals surface area (Å²) in [5.41, 5.74) is 6.52. The summed E-state index contributed by atoms with van der Waals surface area (Å²) >= 11 is 0. The van der Waals surface area contributed by atoms with Crippen molar-refractivity contribution in [2.75, 3.05) is 5.73 Å². The van der Waals surface area contributed by atoms with Gasteiger partial charge in [0.1, 0.15) is 5.82 Å². The monoisotopic (exact) mass is 215 g/mol. The lowest BCUT2D eigenvalue weighted by molar-refractivity contribution is 0.577. The van der Waals surface area contributed by atoms with Crippen molar-refractivity contribution >= 4 is 16.9 Å². The normalized spacial score (nSPS) is 11.1. The first kappa shape index (κ1) is 8.90. The van der Waals surface area contributed by atoms with Crippen LogP contribution in [0.5, 0.6) is 0 Å². The molecule has 3 aromatic heterocycles. The Hall–Kier alpha value is -2.37. The molecular weight excluding hydrogens is 206 g/mol. The van der Waals surface area contributed by atoms with Crippen molar-refractivity contribution in [3.05, 3.63) is 24.6 Å². The van der Waals surface area contributed by atoms with Gasteiger partial charge in [-0.15, -0.1) is 0 Å². The van der Waals surface area contributed by atoms with Crippen LogP contribution >= 0.6 is 0 Å². The number of nitrogen functional groups attached to an aromatic ring is 1. The summed E-state index contributed by atoms with van der Waals surface area (Å²) in [5, 5.41) is 4.83. The summed E-state index contributed by atoms with van der Waals surface area (Å²) in [6, 6.07) is 3.57. The maximum atomic E-state index is 5.83. The topological polar surface area (TPSA) is 82.8 Å². The fourth-order valence-corrected chi connectivity index (χ4v) is 1.56. The molecule has 3 rings (SSSR count). The second-order valence-corrected chi connectivity index (χ2v) is 3.42. The SMILES string of the molecule is Cn1ncc2c(N)nc(-c3ccco3)nc21. The van der Waals surface area contributed by atoms with Gasteiger partial charge < -0.3 is 10.2 Å². The second kappa shape index (κ2) is 3.06. The average molecular weight is 215 g/mol. The Balaban J connectivity index is 2.32. The molecule has 0 radical (unpaired) electrons. The fraction of sp³-hybridized carbons (Fsp3) is 0.100. The molecular formula is C10H9N5O. The molecule has 0 saturated heterocycles. The van der Waals surface area contributed by atoms with Crippen LogP contribution in [0.2, 0.25) is 0 Å². The molecule has 80 valence electrons. The van der Waals surface area contributed by atoms with Crippen LogP contribution in [0.4, 0.5) is 5.82 Å². The molecule has 3 aromatic rings. The third-order valence-electron chi connectivity index (χ3n) is 2.36. The van der Waals surface area contributed by atoms with Gasteiger partial charge in [0.15, 0.2) is 17.2 Å². The van der Waals surface area contributed by atoms with Gasteiger partial charge in [-0.25, -0.2) is 9.97 Å². The van der Waals surface area contributed by atoms with E-state index >= 15 is 0 Å². The number of aryl methyl sites for hydroxylation is 1. The van der Waals surface area contributed by atoms with E-state index in [1.54, 1.807) is 36.3 Å². The molecule has 6 heteroatoms. The van der Waals surface area contributed by atoms with Crippen LogP contribution in [0.3, 0.4) is 0 Å². The first-order valence-electron chi connectivity index (χ1n) is 4.75. The zero-order chi connectivity index (χ0) is 11.1. The third kappa shape index (κ3) is 1.16. The Morgan fingerprint density at radius 3 is 3.00 bits per heavy atom. The Morgan fingerprint density at radius 2 is 2.25 bits per heavy atom. The summed E-state index contributed by atoms with van der Waals surface area (Å²) in [5.74, 6) is 1.47. The minimum atomic E-state index is 0.407. The highest BCUT2D eigenvalue weighted by molar-refractivity contribution is 5.86. The molecule has 0 spiro atoms. The number of fused-ring (bicyclic) bond motifs is 1. The number of aromatic nitrogens is 4. The van der Waals surface area contributed by atoms with Gasteiger partial charge in [0.2, 0.25) is 0 Å². The van der Waals surface area contributed by atoms with Crippen LogP contribution in [0.25, 0.3) is 22.6 Å². The Labute approximate surface area is 90.7 Å². The van der Waals surface area contributed by atoms with Gasteiger partial charge in [-0.2, -0.15) is 5.10 Å². The van der Waals surface area contributed by atoms with Gasteiger partial charge in [0.05, 0.1) is 17.8 Å². The van der Waals surface area contributed by atoms with Crippen molar-refractivity contribution in [3.63, 3.8) is 0 Å². The molecule has 0 amide bonds. The molecule has 0 bridgehead atoms. The van der Waals surface area contributed by atoms with E-state index in [-0.39, 0.29) is 0 Å². The predicted molar refractivity (Wildman–Crippen MR) is 58.4 cm³/mol. The maximum absolute atomic E-state index is 5.83. The molecule has 0 aliphatic heterocycles. The number of nitrogens with two attached hydrogens (primary N) is 1. The van der Waals surface area contributed by atoms with Gasteiger partial charge in [0.25, 0.3) is 0 Å². The lowest BCUT2D eigenvalue weighted by atomic mass is 10.3. The number of rotatable bonds is 1. The highest BCUT2D eigenvalue weighted by atomic mass is 16.3. The van der Waals surface area contributed by atoms with Crippen LogP contribution in [-0.2, 0) is 7.05 Å². The maximum Gasteiger partial charge on any atom is 0.199 e.